The summed E-state index contributed by atoms with van der Waals surface area (Å²) in [6.45, 7) is 3.61. The zero-order valence-corrected chi connectivity index (χ0v) is 12.3. The molecule has 1 unspecified atom stereocenters. The van der Waals surface area contributed by atoms with E-state index in [0.29, 0.717) is 25.7 Å². The third-order valence-electron chi connectivity index (χ3n) is 4.11. The van der Waals surface area contributed by atoms with Gasteiger partial charge in [-0.3, -0.25) is 4.79 Å². The summed E-state index contributed by atoms with van der Waals surface area (Å²) >= 11 is 0. The lowest BCUT2D eigenvalue weighted by atomic mass is 9.97. The fraction of sp³-hybridized carbons (Fsp3) is 0.533. The lowest BCUT2D eigenvalue weighted by Gasteiger charge is -2.32. The molecular formula is C15H21ClN2O2. The zero-order chi connectivity index (χ0) is 13.2. The Labute approximate surface area is 125 Å². The van der Waals surface area contributed by atoms with Gasteiger partial charge in [-0.05, 0) is 48.6 Å². The second-order valence-electron chi connectivity index (χ2n) is 5.47. The highest BCUT2D eigenvalue weighted by Crippen LogP contribution is 2.23. The van der Waals surface area contributed by atoms with Gasteiger partial charge in [0.25, 0.3) is 5.91 Å². The summed E-state index contributed by atoms with van der Waals surface area (Å²) < 4.78 is 5.39. The largest absolute Gasteiger partial charge is 0.372 e. The van der Waals surface area contributed by atoms with E-state index in [2.05, 4.69) is 0 Å². The molecule has 1 atom stereocenters. The topological polar surface area (TPSA) is 55.6 Å². The van der Waals surface area contributed by atoms with Crippen LogP contribution in [0.25, 0.3) is 0 Å². The second kappa shape index (κ2) is 6.57. The number of hydrogen-bond acceptors (Lipinski definition) is 3. The van der Waals surface area contributed by atoms with Crippen LogP contribution in [0.15, 0.2) is 18.2 Å². The minimum Gasteiger partial charge on any atom is -0.372 e. The Morgan fingerprint density at radius 1 is 1.35 bits per heavy atom. The van der Waals surface area contributed by atoms with Crippen molar-refractivity contribution in [3.05, 3.63) is 34.9 Å². The van der Waals surface area contributed by atoms with Crippen molar-refractivity contribution in [3.63, 3.8) is 0 Å². The first-order chi connectivity index (χ1) is 9.28. The van der Waals surface area contributed by atoms with Crippen molar-refractivity contribution in [2.45, 2.75) is 26.1 Å². The molecule has 5 heteroatoms. The molecule has 2 aliphatic heterocycles. The molecule has 4 nitrogen and oxygen atoms in total. The number of ether oxygens (including phenoxy) is 1. The standard InChI is InChI=1S/C15H20N2O2.ClH/c16-7-11-2-1-5-17(8-11)15(18)12-3-4-13-9-19-10-14(13)6-12;/h3-4,6,11H,1-2,5,7-10,16H2;1H. The van der Waals surface area contributed by atoms with E-state index in [0.717, 1.165) is 37.1 Å². The summed E-state index contributed by atoms with van der Waals surface area (Å²) in [7, 11) is 0. The third kappa shape index (κ3) is 2.97. The van der Waals surface area contributed by atoms with E-state index in [9.17, 15) is 4.79 Å². The van der Waals surface area contributed by atoms with E-state index in [-0.39, 0.29) is 18.3 Å². The maximum atomic E-state index is 12.5. The van der Waals surface area contributed by atoms with Crippen molar-refractivity contribution in [2.75, 3.05) is 19.6 Å². The number of rotatable bonds is 2. The molecule has 0 aliphatic carbocycles. The molecule has 1 fully saturated rings. The van der Waals surface area contributed by atoms with Crippen molar-refractivity contribution >= 4 is 18.3 Å². The third-order valence-corrected chi connectivity index (χ3v) is 4.11. The SMILES string of the molecule is Cl.NCC1CCCN(C(=O)c2ccc3c(c2)COC3)C1. The van der Waals surface area contributed by atoms with Crippen molar-refractivity contribution in [2.24, 2.45) is 11.7 Å². The molecule has 0 aromatic heterocycles. The fourth-order valence-electron chi connectivity index (χ4n) is 2.93. The molecule has 110 valence electrons. The van der Waals surface area contributed by atoms with E-state index < -0.39 is 0 Å². The number of fused-ring (bicyclic) bond motifs is 1. The van der Waals surface area contributed by atoms with E-state index in [1.165, 1.54) is 5.56 Å². The Morgan fingerprint density at radius 2 is 2.15 bits per heavy atom. The number of benzene rings is 1. The Kier molecular flexibility index (Phi) is 5.02. The first kappa shape index (κ1) is 15.3. The molecule has 1 amide bonds. The van der Waals surface area contributed by atoms with Crippen LogP contribution < -0.4 is 5.73 Å². The smallest absolute Gasteiger partial charge is 0.253 e. The molecule has 1 aromatic rings. The summed E-state index contributed by atoms with van der Waals surface area (Å²) in [5.74, 6) is 0.586. The minimum atomic E-state index is 0. The van der Waals surface area contributed by atoms with Crippen LogP contribution in [0.2, 0.25) is 0 Å². The maximum Gasteiger partial charge on any atom is 0.253 e. The molecule has 0 saturated carbocycles. The monoisotopic (exact) mass is 296 g/mol. The van der Waals surface area contributed by atoms with Crippen LogP contribution >= 0.6 is 12.4 Å². The van der Waals surface area contributed by atoms with Gasteiger partial charge < -0.3 is 15.4 Å². The van der Waals surface area contributed by atoms with Gasteiger partial charge >= 0.3 is 0 Å². The molecule has 0 spiro atoms. The molecular weight excluding hydrogens is 276 g/mol. The van der Waals surface area contributed by atoms with E-state index in [4.69, 9.17) is 10.5 Å². The number of carbonyl (C=O) groups is 1. The van der Waals surface area contributed by atoms with Crippen molar-refractivity contribution in [1.82, 2.24) is 4.90 Å². The average Bonchev–Trinajstić information content (AvgIpc) is 2.94. The van der Waals surface area contributed by atoms with Gasteiger partial charge in [-0.2, -0.15) is 0 Å². The molecule has 1 aromatic carbocycles. The molecule has 2 N–H and O–H groups in total. The molecule has 1 saturated heterocycles. The summed E-state index contributed by atoms with van der Waals surface area (Å²) in [4.78, 5) is 14.4. The zero-order valence-electron chi connectivity index (χ0n) is 11.5. The molecule has 2 heterocycles. The number of nitrogens with two attached hydrogens (primary N) is 1. The predicted octanol–water partition coefficient (Wildman–Crippen LogP) is 1.95. The summed E-state index contributed by atoms with van der Waals surface area (Å²) in [6, 6.07) is 5.92. The highest BCUT2D eigenvalue weighted by Gasteiger charge is 2.24. The van der Waals surface area contributed by atoms with Crippen LogP contribution in [0.1, 0.15) is 34.3 Å². The first-order valence-electron chi connectivity index (χ1n) is 6.97. The van der Waals surface area contributed by atoms with Gasteiger partial charge in [0, 0.05) is 18.7 Å². The van der Waals surface area contributed by atoms with E-state index in [1.54, 1.807) is 0 Å². The number of likely N-dealkylation sites (tertiary alicyclic amines) is 1. The van der Waals surface area contributed by atoms with E-state index >= 15 is 0 Å². The van der Waals surface area contributed by atoms with Crippen LogP contribution in [-0.2, 0) is 18.0 Å². The molecule has 20 heavy (non-hydrogen) atoms. The lowest BCUT2D eigenvalue weighted by Crippen LogP contribution is -2.42. The van der Waals surface area contributed by atoms with Crippen LogP contribution in [0.4, 0.5) is 0 Å². The summed E-state index contributed by atoms with van der Waals surface area (Å²) in [5, 5.41) is 0. The summed E-state index contributed by atoms with van der Waals surface area (Å²) in [6.07, 6.45) is 2.19. The molecule has 0 radical (unpaired) electrons. The molecule has 0 bridgehead atoms. The molecule has 3 rings (SSSR count). The van der Waals surface area contributed by atoms with Gasteiger partial charge in [-0.1, -0.05) is 6.07 Å². The van der Waals surface area contributed by atoms with Crippen LogP contribution in [0.5, 0.6) is 0 Å². The van der Waals surface area contributed by atoms with Gasteiger partial charge in [-0.15, -0.1) is 12.4 Å². The minimum absolute atomic E-state index is 0. The highest BCUT2D eigenvalue weighted by molar-refractivity contribution is 5.94. The summed E-state index contributed by atoms with van der Waals surface area (Å²) in [5.41, 5.74) is 8.86. The Balaban J connectivity index is 0.00000147. The van der Waals surface area contributed by atoms with Gasteiger partial charge in [0.2, 0.25) is 0 Å². The van der Waals surface area contributed by atoms with Crippen LogP contribution in [-0.4, -0.2) is 30.4 Å². The first-order valence-corrected chi connectivity index (χ1v) is 6.97. The van der Waals surface area contributed by atoms with Crippen molar-refractivity contribution in [3.8, 4) is 0 Å². The Hall–Kier alpha value is -1.10. The predicted molar refractivity (Wildman–Crippen MR) is 79.9 cm³/mol. The van der Waals surface area contributed by atoms with Crippen molar-refractivity contribution in [1.29, 1.82) is 0 Å². The normalized spacial score (nSPS) is 21.2. The number of nitrogens with zero attached hydrogens (tertiary/aromatic N) is 1. The van der Waals surface area contributed by atoms with Gasteiger partial charge in [0.05, 0.1) is 13.2 Å². The molecule has 2 aliphatic rings. The Morgan fingerprint density at radius 3 is 2.95 bits per heavy atom. The van der Waals surface area contributed by atoms with Crippen molar-refractivity contribution < 1.29 is 9.53 Å². The van der Waals surface area contributed by atoms with E-state index in [1.807, 2.05) is 23.1 Å². The maximum absolute atomic E-state index is 12.5. The number of hydrogen-bond donors (Lipinski definition) is 1. The second-order valence-corrected chi connectivity index (χ2v) is 5.47. The quantitative estimate of drug-likeness (QED) is 0.907. The van der Waals surface area contributed by atoms with Crippen LogP contribution in [0, 0.1) is 5.92 Å². The Bertz CT molecular complexity index is 493. The number of piperidine rings is 1. The number of halogens is 1. The average molecular weight is 297 g/mol. The van der Waals surface area contributed by atoms with Gasteiger partial charge in [0.15, 0.2) is 0 Å². The lowest BCUT2D eigenvalue weighted by molar-refractivity contribution is 0.0678. The van der Waals surface area contributed by atoms with Gasteiger partial charge in [0.1, 0.15) is 0 Å². The number of amides is 1. The fourth-order valence-corrected chi connectivity index (χ4v) is 2.93. The van der Waals surface area contributed by atoms with Crippen LogP contribution in [0.3, 0.4) is 0 Å². The number of carbonyl (C=O) groups excluding carboxylic acids is 1. The van der Waals surface area contributed by atoms with Gasteiger partial charge in [-0.25, -0.2) is 0 Å². The highest BCUT2D eigenvalue weighted by atomic mass is 35.5.